The molecule has 0 aliphatic carbocycles. The fourth-order valence-electron chi connectivity index (χ4n) is 2.31. The van der Waals surface area contributed by atoms with Gasteiger partial charge < -0.3 is 16.0 Å². The summed E-state index contributed by atoms with van der Waals surface area (Å²) in [6.45, 7) is 4.70. The van der Waals surface area contributed by atoms with E-state index in [2.05, 4.69) is 36.3 Å². The lowest BCUT2D eigenvalue weighted by molar-refractivity contribution is -0.122. The average Bonchev–Trinajstić information content (AvgIpc) is 2.77. The third-order valence-electron chi connectivity index (χ3n) is 3.81. The van der Waals surface area contributed by atoms with E-state index in [1.807, 2.05) is 12.3 Å². The molecule has 22 heavy (non-hydrogen) atoms. The van der Waals surface area contributed by atoms with Crippen LogP contribution in [0.1, 0.15) is 23.2 Å². The highest BCUT2D eigenvalue weighted by Crippen LogP contribution is 2.22. The summed E-state index contributed by atoms with van der Waals surface area (Å²) in [6.07, 6.45) is 2.73. The number of aryl methyl sites for hydroxylation is 2. The van der Waals surface area contributed by atoms with Crippen LogP contribution in [0.2, 0.25) is 0 Å². The van der Waals surface area contributed by atoms with E-state index in [1.54, 1.807) is 11.8 Å². The fraction of sp³-hybridized carbons (Fsp3) is 0.438. The molecule has 0 spiro atoms. The number of halogens is 1. The minimum Gasteiger partial charge on any atom is -0.358 e. The van der Waals surface area contributed by atoms with E-state index in [-0.39, 0.29) is 18.3 Å². The zero-order valence-electron chi connectivity index (χ0n) is 13.2. The number of hydrogen-bond donors (Lipinski definition) is 3. The Bertz CT molecular complexity index is 642. The van der Waals surface area contributed by atoms with Crippen LogP contribution >= 0.6 is 24.2 Å². The fourth-order valence-corrected chi connectivity index (χ4v) is 2.80. The molecule has 1 aromatic carbocycles. The van der Waals surface area contributed by atoms with Gasteiger partial charge in [0.1, 0.15) is 0 Å². The van der Waals surface area contributed by atoms with Crippen molar-refractivity contribution in [3.8, 4) is 0 Å². The van der Waals surface area contributed by atoms with Gasteiger partial charge in [0.15, 0.2) is 0 Å². The van der Waals surface area contributed by atoms with Crippen LogP contribution in [-0.2, 0) is 11.3 Å². The molecule has 4 nitrogen and oxygen atoms in total. The largest absolute Gasteiger partial charge is 0.358 e. The number of nitrogens with two attached hydrogens (primary N) is 1. The smallest absolute Gasteiger partial charge is 0.237 e. The van der Waals surface area contributed by atoms with Crippen molar-refractivity contribution >= 4 is 41.0 Å². The predicted octanol–water partition coefficient (Wildman–Crippen LogP) is 2.90. The van der Waals surface area contributed by atoms with Gasteiger partial charge in [0, 0.05) is 23.1 Å². The minimum absolute atomic E-state index is 0. The van der Waals surface area contributed by atoms with Gasteiger partial charge in [-0.15, -0.1) is 12.4 Å². The van der Waals surface area contributed by atoms with Crippen LogP contribution in [0.5, 0.6) is 0 Å². The lowest BCUT2D eigenvalue weighted by Gasteiger charge is -2.11. The van der Waals surface area contributed by atoms with Crippen LogP contribution in [-0.4, -0.2) is 28.9 Å². The summed E-state index contributed by atoms with van der Waals surface area (Å²) in [5, 5.41) is 4.13. The van der Waals surface area contributed by atoms with Crippen LogP contribution in [0.4, 0.5) is 0 Å². The number of thioether (sulfide) groups is 1. The molecule has 1 heterocycles. The molecule has 0 unspecified atom stereocenters. The number of amides is 1. The van der Waals surface area contributed by atoms with Crippen molar-refractivity contribution in [2.24, 2.45) is 5.73 Å². The Balaban J connectivity index is 0.00000242. The summed E-state index contributed by atoms with van der Waals surface area (Å²) in [7, 11) is 0. The molecule has 0 aliphatic heterocycles. The zero-order chi connectivity index (χ0) is 15.4. The van der Waals surface area contributed by atoms with E-state index in [0.29, 0.717) is 13.0 Å². The standard InChI is InChI=1S/C16H23N3OS.ClH/c1-10-11(2)19-15-5-4-12(8-13(10)15)9-18-16(20)14(17)6-7-21-3;/h4-5,8,14,19H,6-7,9,17H2,1-3H3,(H,18,20);1H/t14-;/m0./s1. The van der Waals surface area contributed by atoms with Crippen LogP contribution in [0, 0.1) is 13.8 Å². The van der Waals surface area contributed by atoms with Crippen molar-refractivity contribution in [3.05, 3.63) is 35.0 Å². The number of fused-ring (bicyclic) bond motifs is 1. The normalized spacial score (nSPS) is 12.0. The molecule has 122 valence electrons. The highest BCUT2D eigenvalue weighted by atomic mass is 35.5. The van der Waals surface area contributed by atoms with Gasteiger partial charge in [-0.25, -0.2) is 0 Å². The molecule has 0 aliphatic rings. The number of aromatic amines is 1. The maximum absolute atomic E-state index is 11.9. The number of benzene rings is 1. The van der Waals surface area contributed by atoms with Crippen LogP contribution in [0.3, 0.4) is 0 Å². The topological polar surface area (TPSA) is 70.9 Å². The minimum atomic E-state index is -0.419. The van der Waals surface area contributed by atoms with Gasteiger partial charge in [0.2, 0.25) is 5.91 Å². The van der Waals surface area contributed by atoms with E-state index in [0.717, 1.165) is 16.8 Å². The van der Waals surface area contributed by atoms with Gasteiger partial charge in [0.25, 0.3) is 0 Å². The van der Waals surface area contributed by atoms with Crippen molar-refractivity contribution in [2.45, 2.75) is 32.9 Å². The highest BCUT2D eigenvalue weighted by molar-refractivity contribution is 7.98. The maximum atomic E-state index is 11.9. The summed E-state index contributed by atoms with van der Waals surface area (Å²) >= 11 is 1.70. The molecule has 0 fully saturated rings. The molecule has 6 heteroatoms. The molecule has 2 rings (SSSR count). The Morgan fingerprint density at radius 2 is 2.14 bits per heavy atom. The molecule has 0 saturated heterocycles. The van der Waals surface area contributed by atoms with Gasteiger partial charge in [-0.1, -0.05) is 6.07 Å². The number of H-pyrrole nitrogens is 1. The van der Waals surface area contributed by atoms with Crippen molar-refractivity contribution < 1.29 is 4.79 Å². The second kappa shape index (κ2) is 8.46. The molecule has 0 saturated carbocycles. The van der Waals surface area contributed by atoms with E-state index < -0.39 is 6.04 Å². The molecular weight excluding hydrogens is 318 g/mol. The van der Waals surface area contributed by atoms with E-state index in [9.17, 15) is 4.79 Å². The molecule has 4 N–H and O–H groups in total. The van der Waals surface area contributed by atoms with Crippen molar-refractivity contribution in [2.75, 3.05) is 12.0 Å². The second-order valence-corrected chi connectivity index (χ2v) is 6.35. The van der Waals surface area contributed by atoms with Crippen LogP contribution in [0.15, 0.2) is 18.2 Å². The van der Waals surface area contributed by atoms with Gasteiger partial charge in [-0.05, 0) is 55.5 Å². The highest BCUT2D eigenvalue weighted by Gasteiger charge is 2.12. The summed E-state index contributed by atoms with van der Waals surface area (Å²) < 4.78 is 0. The number of hydrogen-bond acceptors (Lipinski definition) is 3. The summed E-state index contributed by atoms with van der Waals surface area (Å²) in [4.78, 5) is 15.3. The Kier molecular flexibility index (Phi) is 7.26. The molecule has 0 radical (unpaired) electrons. The molecule has 1 atom stereocenters. The number of carbonyl (C=O) groups excluding carboxylic acids is 1. The SMILES string of the molecule is CSCC[C@H](N)C(=O)NCc1ccc2[nH]c(C)c(C)c2c1.Cl. The third-order valence-corrected chi connectivity index (χ3v) is 4.45. The van der Waals surface area contributed by atoms with Crippen LogP contribution in [0.25, 0.3) is 10.9 Å². The van der Waals surface area contributed by atoms with Crippen molar-refractivity contribution in [3.63, 3.8) is 0 Å². The van der Waals surface area contributed by atoms with E-state index in [1.165, 1.54) is 16.6 Å². The first kappa shape index (κ1) is 18.9. The lowest BCUT2D eigenvalue weighted by Crippen LogP contribution is -2.40. The second-order valence-electron chi connectivity index (χ2n) is 5.36. The lowest BCUT2D eigenvalue weighted by atomic mass is 10.1. The van der Waals surface area contributed by atoms with Gasteiger partial charge in [-0.2, -0.15) is 11.8 Å². The quantitative estimate of drug-likeness (QED) is 0.756. The monoisotopic (exact) mass is 341 g/mol. The number of carbonyl (C=O) groups is 1. The molecule has 2 aromatic rings. The first-order valence-corrected chi connectivity index (χ1v) is 8.52. The number of aromatic nitrogens is 1. The molecular formula is C16H24ClN3OS. The Labute approximate surface area is 142 Å². The van der Waals surface area contributed by atoms with Crippen molar-refractivity contribution in [1.29, 1.82) is 0 Å². The predicted molar refractivity (Wildman–Crippen MR) is 97.8 cm³/mol. The van der Waals surface area contributed by atoms with Crippen LogP contribution < -0.4 is 11.1 Å². The summed E-state index contributed by atoms with van der Waals surface area (Å²) in [5.74, 6) is 0.827. The third kappa shape index (κ3) is 4.41. The van der Waals surface area contributed by atoms with Gasteiger partial charge >= 0.3 is 0 Å². The van der Waals surface area contributed by atoms with Gasteiger partial charge in [-0.3, -0.25) is 4.79 Å². The van der Waals surface area contributed by atoms with Crippen molar-refractivity contribution in [1.82, 2.24) is 10.3 Å². The first-order valence-electron chi connectivity index (χ1n) is 7.13. The average molecular weight is 342 g/mol. The maximum Gasteiger partial charge on any atom is 0.237 e. The summed E-state index contributed by atoms with van der Waals surface area (Å²) in [5.41, 5.74) is 10.5. The van der Waals surface area contributed by atoms with E-state index >= 15 is 0 Å². The Morgan fingerprint density at radius 3 is 2.82 bits per heavy atom. The number of rotatable bonds is 6. The van der Waals surface area contributed by atoms with E-state index in [4.69, 9.17) is 5.73 Å². The molecule has 0 bridgehead atoms. The summed E-state index contributed by atoms with van der Waals surface area (Å²) in [6, 6.07) is 5.80. The molecule has 1 amide bonds. The Hall–Kier alpha value is -1.17. The van der Waals surface area contributed by atoms with Gasteiger partial charge in [0.05, 0.1) is 6.04 Å². The molecule has 1 aromatic heterocycles. The zero-order valence-corrected chi connectivity index (χ0v) is 14.9. The first-order chi connectivity index (χ1) is 10.0. The number of nitrogens with one attached hydrogen (secondary N) is 2. The Morgan fingerprint density at radius 1 is 1.41 bits per heavy atom.